The molecular weight excluding hydrogens is 236 g/mol. The minimum absolute atomic E-state index is 0.0272. The highest BCUT2D eigenvalue weighted by Gasteiger charge is 2.41. The normalized spacial score (nSPS) is 43.9. The van der Waals surface area contributed by atoms with E-state index in [-0.39, 0.29) is 11.8 Å². The lowest BCUT2D eigenvalue weighted by atomic mass is 9.68. The van der Waals surface area contributed by atoms with Gasteiger partial charge in [-0.3, -0.25) is 4.79 Å². The molecule has 2 rings (SSSR count). The van der Waals surface area contributed by atoms with Gasteiger partial charge in [-0.25, -0.2) is 0 Å². The van der Waals surface area contributed by atoms with Crippen LogP contribution < -0.4 is 11.1 Å². The van der Waals surface area contributed by atoms with Crippen molar-refractivity contribution in [3.05, 3.63) is 0 Å². The van der Waals surface area contributed by atoms with Gasteiger partial charge >= 0.3 is 0 Å². The van der Waals surface area contributed by atoms with Crippen molar-refractivity contribution in [3.8, 4) is 0 Å². The predicted molar refractivity (Wildman–Crippen MR) is 78.6 cm³/mol. The minimum atomic E-state index is -0.102. The lowest BCUT2D eigenvalue weighted by Gasteiger charge is -2.45. The summed E-state index contributed by atoms with van der Waals surface area (Å²) >= 11 is 0. The van der Waals surface area contributed by atoms with Gasteiger partial charge in [-0.1, -0.05) is 33.1 Å². The molecule has 1 amide bonds. The molecule has 0 aromatic carbocycles. The van der Waals surface area contributed by atoms with E-state index in [0.717, 1.165) is 12.3 Å². The van der Waals surface area contributed by atoms with E-state index in [4.69, 9.17) is 5.73 Å². The van der Waals surface area contributed by atoms with Crippen molar-refractivity contribution < 1.29 is 4.79 Å². The number of carbonyl (C=O) groups excluding carboxylic acids is 1. The van der Waals surface area contributed by atoms with E-state index in [0.29, 0.717) is 23.9 Å². The van der Waals surface area contributed by atoms with Crippen LogP contribution in [0.5, 0.6) is 0 Å². The number of hydrogen-bond acceptors (Lipinski definition) is 2. The van der Waals surface area contributed by atoms with Crippen LogP contribution in [0.4, 0.5) is 0 Å². The Morgan fingerprint density at radius 1 is 1.21 bits per heavy atom. The molecule has 19 heavy (non-hydrogen) atoms. The number of nitrogens with two attached hydrogens (primary N) is 1. The first kappa shape index (κ1) is 14.8. The fourth-order valence-electron chi connectivity index (χ4n) is 4.40. The molecular formula is C16H30N2O. The van der Waals surface area contributed by atoms with Crippen LogP contribution in [-0.2, 0) is 4.79 Å². The third-order valence-corrected chi connectivity index (χ3v) is 5.51. The van der Waals surface area contributed by atoms with Gasteiger partial charge in [-0.05, 0) is 43.9 Å². The van der Waals surface area contributed by atoms with E-state index >= 15 is 0 Å². The van der Waals surface area contributed by atoms with E-state index < -0.39 is 0 Å². The first-order valence-electron chi connectivity index (χ1n) is 8.08. The van der Waals surface area contributed by atoms with Crippen molar-refractivity contribution >= 4 is 5.91 Å². The van der Waals surface area contributed by atoms with E-state index in [1.54, 1.807) is 0 Å². The minimum Gasteiger partial charge on any atom is -0.369 e. The molecule has 110 valence electrons. The average Bonchev–Trinajstić information content (AvgIpc) is 2.37. The van der Waals surface area contributed by atoms with E-state index in [1.165, 1.54) is 32.1 Å². The number of primary amides is 1. The van der Waals surface area contributed by atoms with E-state index in [1.807, 2.05) is 0 Å². The molecule has 1 aliphatic heterocycles. The number of amides is 1. The quantitative estimate of drug-likeness (QED) is 0.825. The second kappa shape index (κ2) is 6.25. The summed E-state index contributed by atoms with van der Waals surface area (Å²) in [7, 11) is 0. The van der Waals surface area contributed by atoms with Crippen LogP contribution in [0.2, 0.25) is 0 Å². The summed E-state index contributed by atoms with van der Waals surface area (Å²) in [4.78, 5) is 11.8. The summed E-state index contributed by atoms with van der Waals surface area (Å²) in [5.74, 6) is 1.89. The second-order valence-electron chi connectivity index (χ2n) is 6.92. The summed E-state index contributed by atoms with van der Waals surface area (Å²) in [6.45, 7) is 6.72. The molecule has 4 atom stereocenters. The fraction of sp³-hybridized carbons (Fsp3) is 0.938. The van der Waals surface area contributed by atoms with Crippen molar-refractivity contribution in [3.63, 3.8) is 0 Å². The van der Waals surface area contributed by atoms with Gasteiger partial charge in [0, 0.05) is 12.1 Å². The second-order valence-corrected chi connectivity index (χ2v) is 6.92. The summed E-state index contributed by atoms with van der Waals surface area (Å²) in [5.41, 5.74) is 5.67. The molecule has 2 fully saturated rings. The maximum atomic E-state index is 11.8. The molecule has 0 bridgehead atoms. The molecule has 3 nitrogen and oxygen atoms in total. The topological polar surface area (TPSA) is 55.1 Å². The zero-order valence-electron chi connectivity index (χ0n) is 12.7. The predicted octanol–water partition coefficient (Wildman–Crippen LogP) is 2.69. The highest BCUT2D eigenvalue weighted by molar-refractivity contribution is 5.78. The summed E-state index contributed by atoms with van der Waals surface area (Å²) in [6, 6.07) is 0.827. The largest absolute Gasteiger partial charge is 0.369 e. The Morgan fingerprint density at radius 3 is 2.37 bits per heavy atom. The molecule has 0 aromatic rings. The Morgan fingerprint density at radius 2 is 1.84 bits per heavy atom. The van der Waals surface area contributed by atoms with Crippen LogP contribution in [0.1, 0.15) is 59.3 Å². The highest BCUT2D eigenvalue weighted by atomic mass is 16.1. The maximum absolute atomic E-state index is 11.8. The summed E-state index contributed by atoms with van der Waals surface area (Å²) in [5, 5.41) is 3.68. The molecule has 4 unspecified atom stereocenters. The molecule has 0 aromatic heterocycles. The Hall–Kier alpha value is -0.570. The number of nitrogens with one attached hydrogen (secondary N) is 1. The van der Waals surface area contributed by atoms with Gasteiger partial charge in [-0.2, -0.15) is 0 Å². The molecule has 3 N–H and O–H groups in total. The van der Waals surface area contributed by atoms with Crippen molar-refractivity contribution in [2.75, 3.05) is 0 Å². The Kier molecular flexibility index (Phi) is 4.88. The van der Waals surface area contributed by atoms with Crippen molar-refractivity contribution in [1.82, 2.24) is 5.32 Å². The van der Waals surface area contributed by atoms with Gasteiger partial charge in [0.2, 0.25) is 5.91 Å². The Balaban J connectivity index is 2.05. The monoisotopic (exact) mass is 266 g/mol. The van der Waals surface area contributed by atoms with Crippen molar-refractivity contribution in [1.29, 1.82) is 0 Å². The van der Waals surface area contributed by atoms with Crippen LogP contribution >= 0.6 is 0 Å². The van der Waals surface area contributed by atoms with Gasteiger partial charge < -0.3 is 11.1 Å². The van der Waals surface area contributed by atoms with Crippen LogP contribution in [0.15, 0.2) is 0 Å². The number of piperidine rings is 1. The molecule has 1 saturated carbocycles. The zero-order valence-corrected chi connectivity index (χ0v) is 12.7. The lowest BCUT2D eigenvalue weighted by Crippen LogP contribution is -2.57. The maximum Gasteiger partial charge on any atom is 0.222 e. The summed E-state index contributed by atoms with van der Waals surface area (Å²) in [6.07, 6.45) is 7.55. The van der Waals surface area contributed by atoms with Crippen LogP contribution in [0, 0.1) is 23.7 Å². The standard InChI is InChI=1S/C16H30N2O/c1-4-12-5-7-13(8-6-12)15-14(16(17)19)10(2)9-11(3)18-15/h10-15,18H,4-9H2,1-3H3,(H2,17,19). The number of carbonyl (C=O) groups is 1. The van der Waals surface area contributed by atoms with Gasteiger partial charge in [0.1, 0.15) is 0 Å². The van der Waals surface area contributed by atoms with Crippen molar-refractivity contribution in [2.24, 2.45) is 29.4 Å². The van der Waals surface area contributed by atoms with Gasteiger partial charge in [0.15, 0.2) is 0 Å². The number of hydrogen-bond donors (Lipinski definition) is 2. The van der Waals surface area contributed by atoms with Crippen molar-refractivity contribution in [2.45, 2.75) is 71.4 Å². The Bertz CT molecular complexity index is 310. The Labute approximate surface area is 117 Å². The first-order chi connectivity index (χ1) is 9.02. The van der Waals surface area contributed by atoms with Crippen LogP contribution in [-0.4, -0.2) is 18.0 Å². The third-order valence-electron chi connectivity index (χ3n) is 5.51. The molecule has 0 spiro atoms. The smallest absolute Gasteiger partial charge is 0.222 e. The van der Waals surface area contributed by atoms with Crippen LogP contribution in [0.3, 0.4) is 0 Å². The van der Waals surface area contributed by atoms with Gasteiger partial charge in [0.05, 0.1) is 5.92 Å². The molecule has 1 saturated heterocycles. The summed E-state index contributed by atoms with van der Waals surface area (Å²) < 4.78 is 0. The highest BCUT2D eigenvalue weighted by Crippen LogP contribution is 2.38. The molecule has 1 aliphatic carbocycles. The SMILES string of the molecule is CCC1CCC(C2NC(C)CC(C)C2C(N)=O)CC1. The fourth-order valence-corrected chi connectivity index (χ4v) is 4.40. The van der Waals surface area contributed by atoms with Gasteiger partial charge in [-0.15, -0.1) is 0 Å². The first-order valence-corrected chi connectivity index (χ1v) is 8.08. The number of rotatable bonds is 3. The molecule has 2 aliphatic rings. The zero-order chi connectivity index (χ0) is 14.0. The van der Waals surface area contributed by atoms with E-state index in [2.05, 4.69) is 26.1 Å². The lowest BCUT2D eigenvalue weighted by molar-refractivity contribution is -0.126. The third kappa shape index (κ3) is 3.31. The van der Waals surface area contributed by atoms with Crippen LogP contribution in [0.25, 0.3) is 0 Å². The van der Waals surface area contributed by atoms with Gasteiger partial charge in [0.25, 0.3) is 0 Å². The molecule has 3 heteroatoms. The van der Waals surface area contributed by atoms with E-state index in [9.17, 15) is 4.79 Å². The molecule has 1 heterocycles. The molecule has 0 radical (unpaired) electrons. The average molecular weight is 266 g/mol.